The summed E-state index contributed by atoms with van der Waals surface area (Å²) in [6.07, 6.45) is 3.09. The van der Waals surface area contributed by atoms with Gasteiger partial charge in [-0.2, -0.15) is 10.4 Å². The third kappa shape index (κ3) is 5.35. The molecule has 3 aromatic rings. The van der Waals surface area contributed by atoms with Gasteiger partial charge < -0.3 is 15.1 Å². The lowest BCUT2D eigenvalue weighted by molar-refractivity contribution is -0.131. The van der Waals surface area contributed by atoms with Crippen molar-refractivity contribution in [3.05, 3.63) is 78.4 Å². The molecule has 178 valence electrons. The summed E-state index contributed by atoms with van der Waals surface area (Å²) in [7, 11) is 1.48. The van der Waals surface area contributed by atoms with Gasteiger partial charge in [-0.25, -0.2) is 9.07 Å². The predicted molar refractivity (Wildman–Crippen MR) is 125 cm³/mol. The number of rotatable bonds is 6. The van der Waals surface area contributed by atoms with Crippen LogP contribution in [0.15, 0.2) is 67.0 Å². The highest BCUT2D eigenvalue weighted by Gasteiger charge is 2.39. The molecule has 2 aromatic carbocycles. The lowest BCUT2D eigenvalue weighted by atomic mass is 10.1. The van der Waals surface area contributed by atoms with Crippen molar-refractivity contribution in [2.24, 2.45) is 5.92 Å². The van der Waals surface area contributed by atoms with Gasteiger partial charge in [-0.05, 0) is 42.8 Å². The zero-order valence-corrected chi connectivity index (χ0v) is 19.0. The molecule has 0 spiro atoms. The summed E-state index contributed by atoms with van der Waals surface area (Å²) >= 11 is 0. The first kappa shape index (κ1) is 23.6. The summed E-state index contributed by atoms with van der Waals surface area (Å²) in [5, 5.41) is 16.5. The summed E-state index contributed by atoms with van der Waals surface area (Å²) in [6, 6.07) is 15.9. The number of anilines is 1. The molecule has 2 heterocycles. The van der Waals surface area contributed by atoms with Crippen LogP contribution >= 0.6 is 0 Å². The van der Waals surface area contributed by atoms with Crippen LogP contribution in [-0.4, -0.2) is 63.5 Å². The Balaban J connectivity index is 1.37. The van der Waals surface area contributed by atoms with Gasteiger partial charge >= 0.3 is 0 Å². The van der Waals surface area contributed by atoms with Gasteiger partial charge in [0.2, 0.25) is 11.8 Å². The highest BCUT2D eigenvalue weighted by molar-refractivity contribution is 5.97. The summed E-state index contributed by atoms with van der Waals surface area (Å²) in [5.41, 5.74) is 1.48. The summed E-state index contributed by atoms with van der Waals surface area (Å²) in [4.78, 5) is 41.0. The van der Waals surface area contributed by atoms with Crippen molar-refractivity contribution in [2.45, 2.75) is 12.5 Å². The van der Waals surface area contributed by atoms with E-state index in [2.05, 4.69) is 16.5 Å². The summed E-state index contributed by atoms with van der Waals surface area (Å²) in [6.45, 7) is -0.161. The van der Waals surface area contributed by atoms with Crippen molar-refractivity contribution >= 4 is 23.4 Å². The van der Waals surface area contributed by atoms with Gasteiger partial charge in [0.05, 0.1) is 36.0 Å². The number of para-hydroxylation sites is 1. The number of halogens is 1. The fraction of sp³-hybridized carbons (Fsp3) is 0.240. The molecule has 2 atom stereocenters. The van der Waals surface area contributed by atoms with Crippen LogP contribution in [0.1, 0.15) is 16.8 Å². The predicted octanol–water partition coefficient (Wildman–Crippen LogP) is 2.46. The highest BCUT2D eigenvalue weighted by atomic mass is 19.1. The van der Waals surface area contributed by atoms with Crippen LogP contribution < -0.4 is 5.32 Å². The zero-order chi connectivity index (χ0) is 24.9. The number of aromatic nitrogens is 2. The molecular formula is C25H23FN6O3. The smallest absolute Gasteiger partial charge is 0.257 e. The molecule has 10 heteroatoms. The largest absolute Gasteiger partial charge is 0.332 e. The summed E-state index contributed by atoms with van der Waals surface area (Å²) in [5.74, 6) is -2.03. The van der Waals surface area contributed by atoms with Crippen LogP contribution in [0.3, 0.4) is 0 Å². The minimum absolute atomic E-state index is 0.0975. The first-order valence-corrected chi connectivity index (χ1v) is 11.0. The van der Waals surface area contributed by atoms with Crippen LogP contribution in [0.5, 0.6) is 0 Å². The maximum absolute atomic E-state index is 13.1. The number of hydrogen-bond donors (Lipinski definition) is 1. The standard InChI is InChI=1S/C25H23FN6O3/c1-30(25(35)18-13-28-32(15-18)21-9-7-19(26)8-10-21)16-23(33)31-14-17(11-22(31)12-27)24(34)29-20-5-3-2-4-6-20/h2-10,13,15,17,22H,11,14,16H2,1H3,(H,29,34). The van der Waals surface area contributed by atoms with Crippen molar-refractivity contribution in [1.29, 1.82) is 5.26 Å². The van der Waals surface area contributed by atoms with E-state index in [0.29, 0.717) is 11.4 Å². The molecule has 0 radical (unpaired) electrons. The number of hydrogen-bond acceptors (Lipinski definition) is 5. The number of amides is 3. The fourth-order valence-corrected chi connectivity index (χ4v) is 3.94. The molecule has 1 aliphatic heterocycles. The highest BCUT2D eigenvalue weighted by Crippen LogP contribution is 2.25. The second-order valence-corrected chi connectivity index (χ2v) is 8.29. The van der Waals surface area contributed by atoms with E-state index in [1.807, 2.05) is 6.07 Å². The Bertz CT molecular complexity index is 1270. The zero-order valence-electron chi connectivity index (χ0n) is 19.0. The van der Waals surface area contributed by atoms with Gasteiger partial charge in [-0.15, -0.1) is 0 Å². The normalized spacial score (nSPS) is 17.0. The van der Waals surface area contributed by atoms with Crippen molar-refractivity contribution in [1.82, 2.24) is 19.6 Å². The van der Waals surface area contributed by atoms with Gasteiger partial charge in [0.15, 0.2) is 0 Å². The van der Waals surface area contributed by atoms with Crippen molar-refractivity contribution in [3.63, 3.8) is 0 Å². The first-order chi connectivity index (χ1) is 16.9. The molecule has 1 saturated heterocycles. The van der Waals surface area contributed by atoms with Gasteiger partial charge in [-0.1, -0.05) is 18.2 Å². The maximum Gasteiger partial charge on any atom is 0.257 e. The Labute approximate surface area is 201 Å². The monoisotopic (exact) mass is 474 g/mol. The molecule has 1 N–H and O–H groups in total. The van der Waals surface area contributed by atoms with E-state index < -0.39 is 23.8 Å². The molecule has 1 aliphatic rings. The van der Waals surface area contributed by atoms with Crippen LogP contribution in [0.25, 0.3) is 5.69 Å². The molecule has 4 rings (SSSR count). The van der Waals surface area contributed by atoms with Crippen molar-refractivity contribution in [3.8, 4) is 11.8 Å². The Kier molecular flexibility index (Phi) is 6.87. The minimum atomic E-state index is -0.751. The molecule has 3 amide bonds. The second kappa shape index (κ2) is 10.2. The molecule has 35 heavy (non-hydrogen) atoms. The van der Waals surface area contributed by atoms with E-state index in [1.54, 1.807) is 24.3 Å². The van der Waals surface area contributed by atoms with Gasteiger partial charge in [0.25, 0.3) is 5.91 Å². The minimum Gasteiger partial charge on any atom is -0.332 e. The van der Waals surface area contributed by atoms with E-state index in [4.69, 9.17) is 0 Å². The Morgan fingerprint density at radius 1 is 1.17 bits per heavy atom. The lowest BCUT2D eigenvalue weighted by Gasteiger charge is -2.23. The number of carbonyl (C=O) groups is 3. The molecule has 1 fully saturated rings. The Morgan fingerprint density at radius 2 is 1.89 bits per heavy atom. The fourth-order valence-electron chi connectivity index (χ4n) is 3.94. The van der Waals surface area contributed by atoms with Crippen molar-refractivity contribution < 1.29 is 18.8 Å². The second-order valence-electron chi connectivity index (χ2n) is 8.29. The number of likely N-dealkylation sites (tertiary alicyclic amines) is 1. The summed E-state index contributed by atoms with van der Waals surface area (Å²) < 4.78 is 14.6. The number of nitriles is 1. The Morgan fingerprint density at radius 3 is 2.57 bits per heavy atom. The molecule has 2 unspecified atom stereocenters. The quantitative estimate of drug-likeness (QED) is 0.590. The van der Waals surface area contributed by atoms with Gasteiger partial charge in [-0.3, -0.25) is 14.4 Å². The third-order valence-electron chi connectivity index (χ3n) is 5.82. The van der Waals surface area contributed by atoms with Gasteiger partial charge in [0.1, 0.15) is 11.9 Å². The molecular weight excluding hydrogens is 451 g/mol. The third-order valence-corrected chi connectivity index (χ3v) is 5.82. The maximum atomic E-state index is 13.1. The van der Waals surface area contributed by atoms with E-state index in [-0.39, 0.29) is 36.8 Å². The topological polar surface area (TPSA) is 111 Å². The van der Waals surface area contributed by atoms with Crippen LogP contribution in [0.4, 0.5) is 10.1 Å². The van der Waals surface area contributed by atoms with Crippen LogP contribution in [0.2, 0.25) is 0 Å². The lowest BCUT2D eigenvalue weighted by Crippen LogP contribution is -2.43. The van der Waals surface area contributed by atoms with Crippen LogP contribution in [-0.2, 0) is 9.59 Å². The van der Waals surface area contributed by atoms with Crippen molar-refractivity contribution in [2.75, 3.05) is 25.5 Å². The average molecular weight is 474 g/mol. The molecule has 0 bridgehead atoms. The number of nitrogens with zero attached hydrogens (tertiary/aromatic N) is 5. The van der Waals surface area contributed by atoms with E-state index >= 15 is 0 Å². The number of benzene rings is 2. The van der Waals surface area contributed by atoms with E-state index in [1.165, 1.54) is 58.2 Å². The SMILES string of the molecule is CN(CC(=O)N1CC(C(=O)Nc2ccccc2)CC1C#N)C(=O)c1cnn(-c2ccc(F)cc2)c1. The first-order valence-electron chi connectivity index (χ1n) is 11.0. The van der Waals surface area contributed by atoms with E-state index in [9.17, 15) is 24.0 Å². The Hall–Kier alpha value is -4.52. The van der Waals surface area contributed by atoms with Gasteiger partial charge in [0, 0.05) is 25.5 Å². The molecule has 1 aromatic heterocycles. The van der Waals surface area contributed by atoms with Crippen LogP contribution in [0, 0.1) is 23.1 Å². The molecule has 0 aliphatic carbocycles. The molecule has 9 nitrogen and oxygen atoms in total. The average Bonchev–Trinajstić information content (AvgIpc) is 3.52. The number of carbonyl (C=O) groups excluding carboxylic acids is 3. The number of likely N-dealkylation sites (N-methyl/N-ethyl adjacent to an activating group) is 1. The number of nitrogens with one attached hydrogen (secondary N) is 1. The molecule has 0 saturated carbocycles. The van der Waals surface area contributed by atoms with E-state index in [0.717, 1.165) is 0 Å².